The van der Waals surface area contributed by atoms with Crippen LogP contribution in [0.5, 0.6) is 0 Å². The number of allylic oxidation sites excluding steroid dienone is 2. The van der Waals surface area contributed by atoms with Gasteiger partial charge in [0.1, 0.15) is 5.78 Å². The maximum absolute atomic E-state index is 11.8. The van der Waals surface area contributed by atoms with Gasteiger partial charge in [-0.05, 0) is 38.0 Å². The number of carbonyl (C=O) groups excluding carboxylic acids is 1. The molecule has 1 nitrogen and oxygen atoms in total. The van der Waals surface area contributed by atoms with Gasteiger partial charge in [0.15, 0.2) is 0 Å². The van der Waals surface area contributed by atoms with Crippen LogP contribution in [0.1, 0.15) is 45.4 Å². The highest BCUT2D eigenvalue weighted by Gasteiger charge is 2.66. The van der Waals surface area contributed by atoms with Crippen molar-refractivity contribution in [3.8, 4) is 0 Å². The Balaban J connectivity index is 2.12. The molecule has 0 aromatic heterocycles. The third-order valence-corrected chi connectivity index (χ3v) is 4.66. The smallest absolute Gasteiger partial charge is 0.143 e. The second-order valence-electron chi connectivity index (χ2n) is 5.20. The maximum Gasteiger partial charge on any atom is 0.143 e. The normalized spacial score (nSPS) is 47.8. The van der Waals surface area contributed by atoms with Gasteiger partial charge >= 0.3 is 0 Å². The lowest BCUT2D eigenvalue weighted by Gasteiger charge is -2.55. The van der Waals surface area contributed by atoms with Crippen LogP contribution < -0.4 is 0 Å². The molecule has 0 bridgehead atoms. The van der Waals surface area contributed by atoms with Crippen molar-refractivity contribution in [2.24, 2.45) is 10.8 Å². The zero-order valence-electron chi connectivity index (χ0n) is 8.23. The van der Waals surface area contributed by atoms with E-state index in [1.807, 2.05) is 0 Å². The monoisotopic (exact) mass is 176 g/mol. The summed E-state index contributed by atoms with van der Waals surface area (Å²) in [6.45, 7) is 2.18. The standard InChI is InChI=1S/C12H16O/c1-9-3-6-11-4-2-5-12(11,7-9)10(13)8-11/h7H,2-6,8H2,1H3. The van der Waals surface area contributed by atoms with E-state index < -0.39 is 0 Å². The lowest BCUT2D eigenvalue weighted by molar-refractivity contribution is -0.151. The summed E-state index contributed by atoms with van der Waals surface area (Å²) in [4.78, 5) is 11.8. The van der Waals surface area contributed by atoms with Crippen LogP contribution in [0.25, 0.3) is 0 Å². The van der Waals surface area contributed by atoms with Crippen molar-refractivity contribution in [1.82, 2.24) is 0 Å². The Hall–Kier alpha value is -0.590. The van der Waals surface area contributed by atoms with E-state index >= 15 is 0 Å². The summed E-state index contributed by atoms with van der Waals surface area (Å²) in [7, 11) is 0. The van der Waals surface area contributed by atoms with Crippen molar-refractivity contribution in [3.05, 3.63) is 11.6 Å². The first kappa shape index (κ1) is 7.78. The summed E-state index contributed by atoms with van der Waals surface area (Å²) < 4.78 is 0. The molecule has 70 valence electrons. The van der Waals surface area contributed by atoms with E-state index in [4.69, 9.17) is 0 Å². The molecule has 2 atom stereocenters. The molecule has 3 aliphatic carbocycles. The number of carbonyl (C=O) groups is 1. The van der Waals surface area contributed by atoms with Gasteiger partial charge in [-0.3, -0.25) is 4.79 Å². The number of hydrogen-bond donors (Lipinski definition) is 0. The Bertz CT molecular complexity index is 315. The molecule has 13 heavy (non-hydrogen) atoms. The molecular weight excluding hydrogens is 160 g/mol. The van der Waals surface area contributed by atoms with Gasteiger partial charge in [0.25, 0.3) is 0 Å². The number of rotatable bonds is 0. The molecule has 0 radical (unpaired) electrons. The first-order valence-corrected chi connectivity index (χ1v) is 5.40. The maximum atomic E-state index is 11.8. The molecule has 0 saturated heterocycles. The Morgan fingerprint density at radius 2 is 2.15 bits per heavy atom. The highest BCUT2D eigenvalue weighted by molar-refractivity contribution is 5.96. The highest BCUT2D eigenvalue weighted by atomic mass is 16.1. The first-order valence-electron chi connectivity index (χ1n) is 5.40. The van der Waals surface area contributed by atoms with E-state index in [1.165, 1.54) is 31.3 Å². The van der Waals surface area contributed by atoms with Gasteiger partial charge in [0.2, 0.25) is 0 Å². The van der Waals surface area contributed by atoms with Crippen molar-refractivity contribution in [1.29, 1.82) is 0 Å². The zero-order chi connectivity index (χ0) is 9.10. The van der Waals surface area contributed by atoms with Crippen LogP contribution in [-0.4, -0.2) is 5.78 Å². The minimum Gasteiger partial charge on any atom is -0.299 e. The van der Waals surface area contributed by atoms with Crippen molar-refractivity contribution in [2.75, 3.05) is 0 Å². The van der Waals surface area contributed by atoms with E-state index in [0.717, 1.165) is 12.8 Å². The van der Waals surface area contributed by atoms with E-state index in [0.29, 0.717) is 11.2 Å². The van der Waals surface area contributed by atoms with E-state index in [-0.39, 0.29) is 5.41 Å². The van der Waals surface area contributed by atoms with Gasteiger partial charge in [-0.25, -0.2) is 0 Å². The largest absolute Gasteiger partial charge is 0.299 e. The summed E-state index contributed by atoms with van der Waals surface area (Å²) in [5.41, 5.74) is 1.92. The van der Waals surface area contributed by atoms with Gasteiger partial charge in [0, 0.05) is 6.42 Å². The molecule has 3 aliphatic rings. The minimum atomic E-state index is 0.0370. The SMILES string of the molecule is CC1=CC23CCCC2(CC1)CC3=O. The number of ketones is 1. The highest BCUT2D eigenvalue weighted by Crippen LogP contribution is 2.69. The Morgan fingerprint density at radius 1 is 1.31 bits per heavy atom. The van der Waals surface area contributed by atoms with E-state index in [1.54, 1.807) is 0 Å². The fourth-order valence-corrected chi connectivity index (χ4v) is 3.90. The topological polar surface area (TPSA) is 17.1 Å². The average Bonchev–Trinajstić information content (AvgIpc) is 2.40. The Labute approximate surface area is 79.2 Å². The van der Waals surface area contributed by atoms with Crippen LogP contribution in [0.15, 0.2) is 11.6 Å². The third-order valence-electron chi connectivity index (χ3n) is 4.66. The Morgan fingerprint density at radius 3 is 2.92 bits per heavy atom. The fourth-order valence-electron chi connectivity index (χ4n) is 3.90. The molecule has 2 unspecified atom stereocenters. The number of Topliss-reactive ketones (excluding diaryl/α,β-unsaturated/α-hetero) is 1. The third kappa shape index (κ3) is 0.685. The van der Waals surface area contributed by atoms with E-state index in [2.05, 4.69) is 13.0 Å². The van der Waals surface area contributed by atoms with Crippen molar-refractivity contribution < 1.29 is 4.79 Å². The van der Waals surface area contributed by atoms with E-state index in [9.17, 15) is 4.79 Å². The first-order chi connectivity index (χ1) is 6.19. The molecule has 3 rings (SSSR count). The molecule has 0 aromatic rings. The van der Waals surface area contributed by atoms with Crippen LogP contribution in [0.3, 0.4) is 0 Å². The molecule has 0 amide bonds. The van der Waals surface area contributed by atoms with Gasteiger partial charge in [-0.15, -0.1) is 0 Å². The average molecular weight is 176 g/mol. The van der Waals surface area contributed by atoms with Crippen LogP contribution in [0.4, 0.5) is 0 Å². The van der Waals surface area contributed by atoms with Crippen molar-refractivity contribution in [3.63, 3.8) is 0 Å². The lowest BCUT2D eigenvalue weighted by atomic mass is 9.46. The van der Waals surface area contributed by atoms with Crippen LogP contribution >= 0.6 is 0 Å². The molecule has 0 spiro atoms. The molecule has 1 heteroatoms. The summed E-state index contributed by atoms with van der Waals surface area (Å²) in [6.07, 6.45) is 9.43. The molecule has 0 aliphatic heterocycles. The van der Waals surface area contributed by atoms with Gasteiger partial charge < -0.3 is 0 Å². The van der Waals surface area contributed by atoms with Gasteiger partial charge in [0.05, 0.1) is 5.41 Å². The molecule has 0 heterocycles. The van der Waals surface area contributed by atoms with Crippen molar-refractivity contribution >= 4 is 5.78 Å². The summed E-state index contributed by atoms with van der Waals surface area (Å²) in [5, 5.41) is 0. The quantitative estimate of drug-likeness (QED) is 0.519. The predicted octanol–water partition coefficient (Wildman–Crippen LogP) is 2.86. The van der Waals surface area contributed by atoms with Gasteiger partial charge in [-0.1, -0.05) is 18.1 Å². The summed E-state index contributed by atoms with van der Waals surface area (Å²) in [5.74, 6) is 0.532. The summed E-state index contributed by atoms with van der Waals surface area (Å²) in [6, 6.07) is 0. The molecule has 2 saturated carbocycles. The molecule has 0 aromatic carbocycles. The summed E-state index contributed by atoms with van der Waals surface area (Å²) >= 11 is 0. The van der Waals surface area contributed by atoms with Crippen molar-refractivity contribution in [2.45, 2.75) is 45.4 Å². The van der Waals surface area contributed by atoms with Crippen LogP contribution in [0, 0.1) is 10.8 Å². The van der Waals surface area contributed by atoms with Crippen LogP contribution in [-0.2, 0) is 4.79 Å². The molecular formula is C12H16O. The molecule has 2 fully saturated rings. The number of hydrogen-bond acceptors (Lipinski definition) is 1. The minimum absolute atomic E-state index is 0.0370. The fraction of sp³-hybridized carbons (Fsp3) is 0.750. The lowest BCUT2D eigenvalue weighted by Crippen LogP contribution is -2.56. The Kier molecular flexibility index (Phi) is 1.24. The van der Waals surface area contributed by atoms with Crippen LogP contribution in [0.2, 0.25) is 0 Å². The van der Waals surface area contributed by atoms with Gasteiger partial charge in [-0.2, -0.15) is 0 Å². The second kappa shape index (κ2) is 2.08. The predicted molar refractivity (Wildman–Crippen MR) is 51.3 cm³/mol. The second-order valence-corrected chi connectivity index (χ2v) is 5.20. The zero-order valence-corrected chi connectivity index (χ0v) is 8.23. The molecule has 0 N–H and O–H groups in total.